The van der Waals surface area contributed by atoms with Crippen molar-refractivity contribution in [3.8, 4) is 0 Å². The molecule has 1 aliphatic heterocycles. The van der Waals surface area contributed by atoms with E-state index in [1.807, 2.05) is 13.0 Å². The lowest BCUT2D eigenvalue weighted by molar-refractivity contribution is -0.124. The molecule has 3 heterocycles. The van der Waals surface area contributed by atoms with Crippen LogP contribution in [0.3, 0.4) is 0 Å². The summed E-state index contributed by atoms with van der Waals surface area (Å²) in [4.78, 5) is 23.3. The molecule has 7 nitrogen and oxygen atoms in total. The number of piperidine rings is 1. The molecule has 1 saturated heterocycles. The maximum Gasteiger partial charge on any atom is 0.244 e. The van der Waals surface area contributed by atoms with Crippen molar-refractivity contribution in [1.82, 2.24) is 25.1 Å². The van der Waals surface area contributed by atoms with Gasteiger partial charge in [-0.2, -0.15) is 5.10 Å². The van der Waals surface area contributed by atoms with Crippen LogP contribution < -0.4 is 10.2 Å². The van der Waals surface area contributed by atoms with Crippen LogP contribution in [0.15, 0.2) is 30.7 Å². The average molecular weight is 314 g/mol. The molecule has 2 aromatic rings. The fourth-order valence-electron chi connectivity index (χ4n) is 2.72. The number of nitrogens with one attached hydrogen (secondary N) is 1. The van der Waals surface area contributed by atoms with Gasteiger partial charge in [0.05, 0.1) is 6.54 Å². The van der Waals surface area contributed by atoms with Crippen LogP contribution in [-0.2, 0) is 11.3 Å². The minimum Gasteiger partial charge on any atom is -0.357 e. The second-order valence-electron chi connectivity index (χ2n) is 5.76. The number of nitrogens with zero attached hydrogens (tertiary/aromatic N) is 5. The number of carbonyl (C=O) groups is 1. The molecule has 7 heteroatoms. The van der Waals surface area contributed by atoms with Crippen molar-refractivity contribution < 1.29 is 4.79 Å². The molecule has 0 spiro atoms. The number of anilines is 1. The van der Waals surface area contributed by atoms with E-state index in [2.05, 4.69) is 25.3 Å². The molecular formula is C16H22N6O. The molecule has 0 aliphatic carbocycles. The average Bonchev–Trinajstić information content (AvgIpc) is 3.14. The number of aromatic nitrogens is 4. The highest BCUT2D eigenvalue weighted by atomic mass is 16.2. The molecule has 1 N–H and O–H groups in total. The molecule has 1 fully saturated rings. The van der Waals surface area contributed by atoms with E-state index < -0.39 is 0 Å². The summed E-state index contributed by atoms with van der Waals surface area (Å²) in [5.41, 5.74) is 0. The Balaban J connectivity index is 1.58. The molecule has 23 heavy (non-hydrogen) atoms. The summed E-state index contributed by atoms with van der Waals surface area (Å²) in [7, 11) is 0. The number of rotatable bonds is 5. The van der Waals surface area contributed by atoms with E-state index in [4.69, 9.17) is 0 Å². The Morgan fingerprint density at radius 1 is 1.30 bits per heavy atom. The van der Waals surface area contributed by atoms with E-state index in [1.165, 1.54) is 19.3 Å². The van der Waals surface area contributed by atoms with Gasteiger partial charge >= 0.3 is 0 Å². The summed E-state index contributed by atoms with van der Waals surface area (Å²) in [6, 6.07) is 3.38. The smallest absolute Gasteiger partial charge is 0.244 e. The van der Waals surface area contributed by atoms with E-state index in [9.17, 15) is 4.79 Å². The first-order valence-electron chi connectivity index (χ1n) is 8.08. The quantitative estimate of drug-likeness (QED) is 0.906. The van der Waals surface area contributed by atoms with Crippen LogP contribution in [0.2, 0.25) is 0 Å². The summed E-state index contributed by atoms with van der Waals surface area (Å²) >= 11 is 0. The minimum atomic E-state index is -0.352. The Labute approximate surface area is 135 Å². The molecule has 122 valence electrons. The Kier molecular flexibility index (Phi) is 4.85. The Hall–Kier alpha value is -2.44. The third-order valence-electron chi connectivity index (χ3n) is 4.09. The fraction of sp³-hybridized carbons (Fsp3) is 0.500. The van der Waals surface area contributed by atoms with E-state index in [0.29, 0.717) is 12.4 Å². The van der Waals surface area contributed by atoms with Crippen LogP contribution in [0.5, 0.6) is 0 Å². The molecule has 0 radical (unpaired) electrons. The Morgan fingerprint density at radius 2 is 2.13 bits per heavy atom. The lowest BCUT2D eigenvalue weighted by atomic mass is 10.1. The molecule has 1 aliphatic rings. The molecule has 3 rings (SSSR count). The normalized spacial score (nSPS) is 16.1. The highest BCUT2D eigenvalue weighted by Crippen LogP contribution is 2.16. The lowest BCUT2D eigenvalue weighted by Gasteiger charge is -2.27. The van der Waals surface area contributed by atoms with Gasteiger partial charge < -0.3 is 10.2 Å². The van der Waals surface area contributed by atoms with E-state index in [1.54, 1.807) is 29.3 Å². The van der Waals surface area contributed by atoms with Crippen molar-refractivity contribution >= 4 is 11.7 Å². The van der Waals surface area contributed by atoms with Crippen molar-refractivity contribution in [2.75, 3.05) is 18.0 Å². The maximum atomic E-state index is 12.2. The zero-order valence-electron chi connectivity index (χ0n) is 13.4. The topological polar surface area (TPSA) is 75.9 Å². The van der Waals surface area contributed by atoms with Gasteiger partial charge in [0, 0.05) is 31.7 Å². The zero-order valence-corrected chi connectivity index (χ0v) is 13.4. The number of amides is 1. The first kappa shape index (κ1) is 15.5. The van der Waals surface area contributed by atoms with Crippen LogP contribution in [0.1, 0.15) is 38.1 Å². The summed E-state index contributed by atoms with van der Waals surface area (Å²) in [6.07, 6.45) is 8.90. The van der Waals surface area contributed by atoms with Gasteiger partial charge in [-0.1, -0.05) is 0 Å². The lowest BCUT2D eigenvalue weighted by Crippen LogP contribution is -2.32. The second-order valence-corrected chi connectivity index (χ2v) is 5.76. The standard InChI is InChI=1S/C16H22N6O/c1-13(22-11-5-7-19-22)16(23)18-12-14-17-8-6-15(20-14)21-9-3-2-4-10-21/h5-8,11,13H,2-4,9-10,12H2,1H3,(H,18,23). The van der Waals surface area contributed by atoms with Crippen LogP contribution in [0.25, 0.3) is 0 Å². The third-order valence-corrected chi connectivity index (χ3v) is 4.09. The van der Waals surface area contributed by atoms with Crippen molar-refractivity contribution in [3.05, 3.63) is 36.5 Å². The van der Waals surface area contributed by atoms with Crippen molar-refractivity contribution in [1.29, 1.82) is 0 Å². The summed E-state index contributed by atoms with van der Waals surface area (Å²) < 4.78 is 1.63. The van der Waals surface area contributed by atoms with E-state index in [0.717, 1.165) is 18.9 Å². The second kappa shape index (κ2) is 7.21. The van der Waals surface area contributed by atoms with Crippen molar-refractivity contribution in [2.24, 2.45) is 0 Å². The summed E-state index contributed by atoms with van der Waals surface area (Å²) in [6.45, 7) is 4.22. The summed E-state index contributed by atoms with van der Waals surface area (Å²) in [5, 5.41) is 6.96. The van der Waals surface area contributed by atoms with Gasteiger partial charge in [0.2, 0.25) is 5.91 Å². The monoisotopic (exact) mass is 314 g/mol. The minimum absolute atomic E-state index is 0.0966. The van der Waals surface area contributed by atoms with Gasteiger partial charge in [0.25, 0.3) is 0 Å². The highest BCUT2D eigenvalue weighted by Gasteiger charge is 2.16. The predicted octanol–water partition coefficient (Wildman–Crippen LogP) is 1.54. The fourth-order valence-corrected chi connectivity index (χ4v) is 2.72. The van der Waals surface area contributed by atoms with Gasteiger partial charge in [-0.15, -0.1) is 0 Å². The molecule has 2 aromatic heterocycles. The van der Waals surface area contributed by atoms with E-state index >= 15 is 0 Å². The van der Waals surface area contributed by atoms with Gasteiger partial charge in [0.15, 0.2) is 0 Å². The molecule has 1 atom stereocenters. The van der Waals surface area contributed by atoms with Crippen molar-refractivity contribution in [2.45, 2.75) is 38.8 Å². The zero-order chi connectivity index (χ0) is 16.1. The van der Waals surface area contributed by atoms with Gasteiger partial charge in [-0.05, 0) is 38.3 Å². The molecule has 1 unspecified atom stereocenters. The number of hydrogen-bond acceptors (Lipinski definition) is 5. The molecular weight excluding hydrogens is 292 g/mol. The first-order chi connectivity index (χ1) is 11.2. The van der Waals surface area contributed by atoms with E-state index in [-0.39, 0.29) is 11.9 Å². The molecule has 0 aromatic carbocycles. The van der Waals surface area contributed by atoms with Crippen LogP contribution in [-0.4, -0.2) is 38.7 Å². The summed E-state index contributed by atoms with van der Waals surface area (Å²) in [5.74, 6) is 1.49. The predicted molar refractivity (Wildman–Crippen MR) is 86.9 cm³/mol. The maximum absolute atomic E-state index is 12.2. The Bertz CT molecular complexity index is 636. The number of carbonyl (C=O) groups excluding carboxylic acids is 1. The third kappa shape index (κ3) is 3.85. The number of hydrogen-bond donors (Lipinski definition) is 1. The highest BCUT2D eigenvalue weighted by molar-refractivity contribution is 5.79. The van der Waals surface area contributed by atoms with Crippen LogP contribution in [0, 0.1) is 0 Å². The molecule has 0 saturated carbocycles. The largest absolute Gasteiger partial charge is 0.357 e. The first-order valence-corrected chi connectivity index (χ1v) is 8.08. The van der Waals surface area contributed by atoms with Gasteiger partial charge in [-0.3, -0.25) is 9.48 Å². The SMILES string of the molecule is CC(C(=O)NCc1nccc(N2CCCCC2)n1)n1cccn1. The Morgan fingerprint density at radius 3 is 2.87 bits per heavy atom. The molecule has 1 amide bonds. The van der Waals surface area contributed by atoms with Gasteiger partial charge in [-0.25, -0.2) is 9.97 Å². The molecule has 0 bridgehead atoms. The van der Waals surface area contributed by atoms with Crippen LogP contribution >= 0.6 is 0 Å². The van der Waals surface area contributed by atoms with Crippen LogP contribution in [0.4, 0.5) is 5.82 Å². The van der Waals surface area contributed by atoms with Crippen molar-refractivity contribution in [3.63, 3.8) is 0 Å². The van der Waals surface area contributed by atoms with Gasteiger partial charge in [0.1, 0.15) is 17.7 Å².